The number of carbonyl (C=O) groups is 3. The number of benzene rings is 2. The quantitative estimate of drug-likeness (QED) is 0.103. The van der Waals surface area contributed by atoms with Crippen LogP contribution in [-0.2, 0) is 19.1 Å². The maximum Gasteiger partial charge on any atom is 0.329 e. The lowest BCUT2D eigenvalue weighted by molar-refractivity contribution is -0.139. The highest BCUT2D eigenvalue weighted by Crippen LogP contribution is 2.34. The lowest BCUT2D eigenvalue weighted by Crippen LogP contribution is -2.38. The van der Waals surface area contributed by atoms with E-state index in [4.69, 9.17) is 14.2 Å². The van der Waals surface area contributed by atoms with Crippen molar-refractivity contribution in [3.05, 3.63) is 51.1 Å². The molecule has 200 valence electrons. The van der Waals surface area contributed by atoms with Gasteiger partial charge in [-0.05, 0) is 86.5 Å². The highest BCUT2D eigenvalue weighted by molar-refractivity contribution is 14.1. The maximum atomic E-state index is 12.3. The second-order valence-electron chi connectivity index (χ2n) is 8.19. The van der Waals surface area contributed by atoms with Crippen LogP contribution in [0.5, 0.6) is 11.5 Å². The molecule has 0 bridgehead atoms. The number of halogens is 1. The van der Waals surface area contributed by atoms with E-state index in [2.05, 4.69) is 43.8 Å². The highest BCUT2D eigenvalue weighted by Gasteiger charge is 2.15. The van der Waals surface area contributed by atoms with Gasteiger partial charge in [0.2, 0.25) is 0 Å². The van der Waals surface area contributed by atoms with Gasteiger partial charge in [0.15, 0.2) is 18.1 Å². The molecule has 0 aliphatic heterocycles. The number of hydrogen-bond acceptors (Lipinski definition) is 7. The predicted octanol–water partition coefficient (Wildman–Crippen LogP) is 3.40. The average molecular weight is 624 g/mol. The lowest BCUT2D eigenvalue weighted by atomic mass is 10.2. The third kappa shape index (κ3) is 11.2. The number of hydrazone groups is 1. The van der Waals surface area contributed by atoms with Crippen molar-refractivity contribution in [3.63, 3.8) is 0 Å². The number of aryl methyl sites for hydroxylation is 1. The van der Waals surface area contributed by atoms with Crippen LogP contribution in [-0.4, -0.2) is 56.4 Å². The van der Waals surface area contributed by atoms with E-state index in [9.17, 15) is 14.4 Å². The van der Waals surface area contributed by atoms with Crippen LogP contribution in [0.4, 0.5) is 5.69 Å². The first-order valence-corrected chi connectivity index (χ1v) is 13.0. The van der Waals surface area contributed by atoms with Crippen molar-refractivity contribution < 1.29 is 28.6 Å². The highest BCUT2D eigenvalue weighted by atomic mass is 127. The molecule has 37 heavy (non-hydrogen) atoms. The minimum atomic E-state index is -0.875. The minimum absolute atomic E-state index is 0.115. The molecule has 0 saturated heterocycles. The Kier molecular flexibility index (Phi) is 12.8. The van der Waals surface area contributed by atoms with Crippen LogP contribution >= 0.6 is 22.6 Å². The second-order valence-corrected chi connectivity index (χ2v) is 9.36. The van der Waals surface area contributed by atoms with E-state index >= 15 is 0 Å². The molecule has 0 aliphatic carbocycles. The number of rotatable bonds is 13. The van der Waals surface area contributed by atoms with Gasteiger partial charge in [0.25, 0.3) is 5.91 Å². The van der Waals surface area contributed by atoms with Crippen LogP contribution in [0.2, 0.25) is 0 Å². The first-order valence-electron chi connectivity index (χ1n) is 11.9. The molecule has 2 aromatic rings. The van der Waals surface area contributed by atoms with Crippen molar-refractivity contribution in [3.8, 4) is 11.5 Å². The second kappa shape index (κ2) is 15.8. The fourth-order valence-electron chi connectivity index (χ4n) is 2.93. The van der Waals surface area contributed by atoms with E-state index in [1.807, 2.05) is 52.0 Å². The summed E-state index contributed by atoms with van der Waals surface area (Å²) < 4.78 is 17.5. The Balaban J connectivity index is 1.92. The average Bonchev–Trinajstić information content (AvgIpc) is 2.84. The molecular formula is C26H33IN4O6. The van der Waals surface area contributed by atoms with E-state index in [0.717, 1.165) is 5.56 Å². The molecule has 0 radical (unpaired) electrons. The molecule has 0 unspecified atom stereocenters. The van der Waals surface area contributed by atoms with Crippen LogP contribution in [0.3, 0.4) is 0 Å². The van der Waals surface area contributed by atoms with Crippen molar-refractivity contribution in [2.75, 3.05) is 31.7 Å². The standard InChI is InChI=1S/C26H33IN4O6/c1-5-35-22-14-19(15-29-31-26(34)25(33)28-11-6-12-36-17(2)3)13-21(27)24(22)37-16-23(32)30-20-9-7-18(4)8-10-20/h7-10,13-15,17H,5-6,11-12,16H2,1-4H3,(H,28,33)(H,30,32)(H,31,34)/b29-15-. The zero-order valence-corrected chi connectivity index (χ0v) is 23.6. The summed E-state index contributed by atoms with van der Waals surface area (Å²) in [5, 5.41) is 9.15. The summed E-state index contributed by atoms with van der Waals surface area (Å²) in [6, 6.07) is 10.9. The predicted molar refractivity (Wildman–Crippen MR) is 150 cm³/mol. The summed E-state index contributed by atoms with van der Waals surface area (Å²) in [6.07, 6.45) is 2.10. The number of carbonyl (C=O) groups excluding carboxylic acids is 3. The van der Waals surface area contributed by atoms with E-state index in [-0.39, 0.29) is 18.6 Å². The van der Waals surface area contributed by atoms with Gasteiger partial charge in [-0.3, -0.25) is 14.4 Å². The zero-order valence-electron chi connectivity index (χ0n) is 21.4. The van der Waals surface area contributed by atoms with Crippen molar-refractivity contribution in [2.45, 2.75) is 40.2 Å². The fraction of sp³-hybridized carbons (Fsp3) is 0.385. The first-order chi connectivity index (χ1) is 17.7. The monoisotopic (exact) mass is 624 g/mol. The van der Waals surface area contributed by atoms with Gasteiger partial charge >= 0.3 is 11.8 Å². The summed E-state index contributed by atoms with van der Waals surface area (Å²) in [7, 11) is 0. The Morgan fingerprint density at radius 1 is 1.08 bits per heavy atom. The number of amides is 3. The molecule has 0 atom stereocenters. The molecule has 3 amide bonds. The van der Waals surface area contributed by atoms with E-state index in [1.165, 1.54) is 6.21 Å². The Morgan fingerprint density at radius 2 is 1.81 bits per heavy atom. The molecule has 0 spiro atoms. The number of ether oxygens (including phenoxy) is 3. The Labute approximate surface area is 230 Å². The van der Waals surface area contributed by atoms with Crippen LogP contribution in [0, 0.1) is 10.5 Å². The molecular weight excluding hydrogens is 591 g/mol. The number of nitrogens with one attached hydrogen (secondary N) is 3. The van der Waals surface area contributed by atoms with Gasteiger partial charge in [-0.15, -0.1) is 0 Å². The maximum absolute atomic E-state index is 12.3. The normalized spacial score (nSPS) is 10.9. The summed E-state index contributed by atoms with van der Waals surface area (Å²) >= 11 is 2.07. The van der Waals surface area contributed by atoms with Crippen LogP contribution in [0.15, 0.2) is 41.5 Å². The van der Waals surface area contributed by atoms with Crippen molar-refractivity contribution in [2.24, 2.45) is 5.10 Å². The number of anilines is 1. The molecule has 0 aliphatic rings. The smallest absolute Gasteiger partial charge is 0.329 e. The number of nitrogens with zero attached hydrogens (tertiary/aromatic N) is 1. The third-order valence-corrected chi connectivity index (χ3v) is 5.46. The number of hydrogen-bond donors (Lipinski definition) is 3. The fourth-order valence-corrected chi connectivity index (χ4v) is 3.71. The van der Waals surface area contributed by atoms with Gasteiger partial charge in [0.1, 0.15) is 0 Å². The molecule has 2 aromatic carbocycles. The van der Waals surface area contributed by atoms with Gasteiger partial charge < -0.3 is 24.8 Å². The molecule has 0 saturated carbocycles. The SMILES string of the molecule is CCOc1cc(/C=N\NC(=O)C(=O)NCCCOC(C)C)cc(I)c1OCC(=O)Nc1ccc(C)cc1. The van der Waals surface area contributed by atoms with Gasteiger partial charge in [0.05, 0.1) is 22.5 Å². The summed E-state index contributed by atoms with van der Waals surface area (Å²) in [6.45, 7) is 8.64. The van der Waals surface area contributed by atoms with Crippen molar-refractivity contribution in [1.82, 2.24) is 10.7 Å². The van der Waals surface area contributed by atoms with Gasteiger partial charge in [-0.2, -0.15) is 5.10 Å². The van der Waals surface area contributed by atoms with E-state index < -0.39 is 11.8 Å². The molecule has 3 N–H and O–H groups in total. The third-order valence-electron chi connectivity index (χ3n) is 4.66. The molecule has 11 heteroatoms. The molecule has 2 rings (SSSR count). The summed E-state index contributed by atoms with van der Waals surface area (Å²) in [4.78, 5) is 36.1. The van der Waals surface area contributed by atoms with Crippen LogP contribution in [0.25, 0.3) is 0 Å². The minimum Gasteiger partial charge on any atom is -0.490 e. The van der Waals surface area contributed by atoms with E-state index in [0.29, 0.717) is 52.5 Å². The summed E-state index contributed by atoms with van der Waals surface area (Å²) in [5.74, 6) is -1.12. The van der Waals surface area contributed by atoms with Crippen LogP contribution in [0.1, 0.15) is 38.3 Å². The Bertz CT molecular complexity index is 1090. The molecule has 10 nitrogen and oxygen atoms in total. The van der Waals surface area contributed by atoms with Crippen molar-refractivity contribution >= 4 is 52.2 Å². The van der Waals surface area contributed by atoms with Gasteiger partial charge in [-0.25, -0.2) is 5.43 Å². The topological polar surface area (TPSA) is 127 Å². The van der Waals surface area contributed by atoms with Crippen LogP contribution < -0.4 is 25.5 Å². The Morgan fingerprint density at radius 3 is 2.49 bits per heavy atom. The van der Waals surface area contributed by atoms with E-state index in [1.54, 1.807) is 12.1 Å². The lowest BCUT2D eigenvalue weighted by Gasteiger charge is -2.14. The molecule has 0 aromatic heterocycles. The Hall–Kier alpha value is -3.19. The van der Waals surface area contributed by atoms with Crippen molar-refractivity contribution in [1.29, 1.82) is 0 Å². The first kappa shape index (κ1) is 30.0. The zero-order chi connectivity index (χ0) is 27.2. The van der Waals surface area contributed by atoms with Gasteiger partial charge in [0, 0.05) is 18.8 Å². The summed E-state index contributed by atoms with van der Waals surface area (Å²) in [5.41, 5.74) is 4.59. The molecule has 0 fully saturated rings. The molecule has 0 heterocycles. The largest absolute Gasteiger partial charge is 0.490 e. The van der Waals surface area contributed by atoms with Gasteiger partial charge in [-0.1, -0.05) is 17.7 Å².